The summed E-state index contributed by atoms with van der Waals surface area (Å²) in [7, 11) is 1.69. The molecule has 0 aromatic carbocycles. The molecule has 7 nitrogen and oxygen atoms in total. The van der Waals surface area contributed by atoms with Gasteiger partial charge in [-0.2, -0.15) is 0 Å². The maximum absolute atomic E-state index is 12.3. The number of aliphatic carboxylic acids is 1. The summed E-state index contributed by atoms with van der Waals surface area (Å²) in [6, 6.07) is -1.14. The van der Waals surface area contributed by atoms with Crippen LogP contribution >= 0.6 is 0 Å². The van der Waals surface area contributed by atoms with Gasteiger partial charge in [-0.1, -0.05) is 0 Å². The average molecular weight is 284 g/mol. The van der Waals surface area contributed by atoms with Crippen LogP contribution in [0.25, 0.3) is 0 Å². The summed E-state index contributed by atoms with van der Waals surface area (Å²) in [5.41, 5.74) is 0. The fraction of sp³-hybridized carbons (Fsp3) is 0.769. The number of carbonyl (C=O) groups excluding carboxylic acids is 2. The van der Waals surface area contributed by atoms with Crippen LogP contribution in [0, 0.1) is 5.92 Å². The molecule has 112 valence electrons. The predicted octanol–water partition coefficient (Wildman–Crippen LogP) is -0.446. The minimum Gasteiger partial charge on any atom is -0.481 e. The van der Waals surface area contributed by atoms with Gasteiger partial charge in [0.1, 0.15) is 0 Å². The summed E-state index contributed by atoms with van der Waals surface area (Å²) in [5, 5.41) is 9.16. The van der Waals surface area contributed by atoms with Crippen LogP contribution < -0.4 is 0 Å². The molecule has 2 heterocycles. The lowest BCUT2D eigenvalue weighted by atomic mass is 10.0. The number of amides is 2. The van der Waals surface area contributed by atoms with Crippen molar-refractivity contribution < 1.29 is 24.2 Å². The van der Waals surface area contributed by atoms with Gasteiger partial charge in [0.05, 0.1) is 31.6 Å². The summed E-state index contributed by atoms with van der Waals surface area (Å²) in [6.07, 6.45) is 0.107. The summed E-state index contributed by atoms with van der Waals surface area (Å²) in [5.74, 6) is -2.04. The van der Waals surface area contributed by atoms with Crippen molar-refractivity contribution in [3.05, 3.63) is 0 Å². The van der Waals surface area contributed by atoms with Gasteiger partial charge in [-0.05, 0) is 20.9 Å². The van der Waals surface area contributed by atoms with E-state index in [-0.39, 0.29) is 43.5 Å². The lowest BCUT2D eigenvalue weighted by Crippen LogP contribution is -2.50. The van der Waals surface area contributed by atoms with Crippen molar-refractivity contribution in [2.75, 3.05) is 20.3 Å². The first-order chi connectivity index (χ1) is 9.34. The maximum Gasteiger partial charge on any atom is 0.310 e. The molecular weight excluding hydrogens is 264 g/mol. The molecule has 20 heavy (non-hydrogen) atoms. The summed E-state index contributed by atoms with van der Waals surface area (Å²) < 4.78 is 5.22. The molecule has 2 saturated heterocycles. The second-order valence-electron chi connectivity index (χ2n) is 5.63. The van der Waals surface area contributed by atoms with Crippen molar-refractivity contribution in [3.8, 4) is 0 Å². The molecule has 2 aliphatic rings. The van der Waals surface area contributed by atoms with E-state index in [1.807, 2.05) is 0 Å². The molecule has 2 rings (SSSR count). The number of hydrogen-bond donors (Lipinski definition) is 1. The topological polar surface area (TPSA) is 87.2 Å². The third-order valence-corrected chi connectivity index (χ3v) is 4.06. The third-order valence-electron chi connectivity index (χ3n) is 4.06. The first-order valence-corrected chi connectivity index (χ1v) is 6.73. The number of imide groups is 1. The van der Waals surface area contributed by atoms with Crippen molar-refractivity contribution in [2.45, 2.75) is 38.4 Å². The van der Waals surface area contributed by atoms with E-state index in [2.05, 4.69) is 0 Å². The van der Waals surface area contributed by atoms with Crippen molar-refractivity contribution >= 4 is 17.8 Å². The standard InChI is InChI=1S/C13H20N2O5/c1-7(2)15-11(16)4-9(12(15)17)14(3)10-6-20-5-8(10)13(18)19/h7-10H,4-6H2,1-3H3,(H,18,19). The third kappa shape index (κ3) is 2.43. The average Bonchev–Trinajstić information content (AvgIpc) is 2.93. The van der Waals surface area contributed by atoms with Crippen LogP contribution in [0.5, 0.6) is 0 Å². The summed E-state index contributed by atoms with van der Waals surface area (Å²) in [6.45, 7) is 3.99. The van der Waals surface area contributed by atoms with Crippen LogP contribution in [0.3, 0.4) is 0 Å². The second kappa shape index (κ2) is 5.49. The maximum atomic E-state index is 12.3. The van der Waals surface area contributed by atoms with Crippen molar-refractivity contribution in [1.29, 1.82) is 0 Å². The number of likely N-dealkylation sites (N-methyl/N-ethyl adjacent to an activating group) is 1. The largest absolute Gasteiger partial charge is 0.481 e. The Morgan fingerprint density at radius 1 is 1.40 bits per heavy atom. The molecule has 2 fully saturated rings. The smallest absolute Gasteiger partial charge is 0.310 e. The Morgan fingerprint density at radius 2 is 2.05 bits per heavy atom. The van der Waals surface area contributed by atoms with E-state index in [1.165, 1.54) is 4.90 Å². The zero-order chi connectivity index (χ0) is 15.0. The van der Waals surface area contributed by atoms with Crippen LogP contribution in [-0.2, 0) is 19.1 Å². The number of rotatable bonds is 4. The normalized spacial score (nSPS) is 30.9. The Morgan fingerprint density at radius 3 is 2.55 bits per heavy atom. The molecule has 3 atom stereocenters. The van der Waals surface area contributed by atoms with Crippen molar-refractivity contribution in [3.63, 3.8) is 0 Å². The van der Waals surface area contributed by atoms with Crippen molar-refractivity contribution in [2.24, 2.45) is 5.92 Å². The highest BCUT2D eigenvalue weighted by atomic mass is 16.5. The highest BCUT2D eigenvalue weighted by Crippen LogP contribution is 2.26. The summed E-state index contributed by atoms with van der Waals surface area (Å²) in [4.78, 5) is 38.3. The number of carboxylic acids is 1. The van der Waals surface area contributed by atoms with Gasteiger partial charge < -0.3 is 9.84 Å². The van der Waals surface area contributed by atoms with E-state index in [4.69, 9.17) is 9.84 Å². The number of likely N-dealkylation sites (tertiary alicyclic amines) is 1. The number of carbonyl (C=O) groups is 3. The van der Waals surface area contributed by atoms with E-state index in [0.29, 0.717) is 0 Å². The van der Waals surface area contributed by atoms with Crippen LogP contribution in [0.1, 0.15) is 20.3 Å². The van der Waals surface area contributed by atoms with Gasteiger partial charge in [-0.25, -0.2) is 0 Å². The van der Waals surface area contributed by atoms with Gasteiger partial charge in [0.15, 0.2) is 0 Å². The Labute approximate surface area is 117 Å². The summed E-state index contributed by atoms with van der Waals surface area (Å²) >= 11 is 0. The zero-order valence-corrected chi connectivity index (χ0v) is 11.9. The Hall–Kier alpha value is -1.47. The number of hydrogen-bond acceptors (Lipinski definition) is 5. The van der Waals surface area contributed by atoms with Gasteiger partial charge in [-0.15, -0.1) is 0 Å². The minimum atomic E-state index is -0.933. The van der Waals surface area contributed by atoms with E-state index in [0.717, 1.165) is 0 Å². The molecule has 0 saturated carbocycles. The Kier molecular flexibility index (Phi) is 4.10. The van der Waals surface area contributed by atoms with Gasteiger partial charge in [0.25, 0.3) is 0 Å². The molecule has 0 radical (unpaired) electrons. The Bertz CT molecular complexity index is 436. The monoisotopic (exact) mass is 284 g/mol. The molecule has 0 aromatic heterocycles. The molecular formula is C13H20N2O5. The van der Waals surface area contributed by atoms with Crippen LogP contribution in [0.4, 0.5) is 0 Å². The first-order valence-electron chi connectivity index (χ1n) is 6.73. The number of ether oxygens (including phenoxy) is 1. The van der Waals surface area contributed by atoms with Crippen LogP contribution in [-0.4, -0.2) is 71.1 Å². The van der Waals surface area contributed by atoms with E-state index < -0.39 is 17.9 Å². The molecule has 2 aliphatic heterocycles. The van der Waals surface area contributed by atoms with Crippen LogP contribution in [0.15, 0.2) is 0 Å². The highest BCUT2D eigenvalue weighted by molar-refractivity contribution is 6.05. The number of nitrogens with zero attached hydrogens (tertiary/aromatic N) is 2. The molecule has 0 aromatic rings. The van der Waals surface area contributed by atoms with Crippen LogP contribution in [0.2, 0.25) is 0 Å². The Balaban J connectivity index is 2.14. The molecule has 0 spiro atoms. The van der Waals surface area contributed by atoms with Crippen molar-refractivity contribution in [1.82, 2.24) is 9.80 Å². The van der Waals surface area contributed by atoms with E-state index >= 15 is 0 Å². The lowest BCUT2D eigenvalue weighted by Gasteiger charge is -2.30. The molecule has 1 N–H and O–H groups in total. The molecule has 2 amide bonds. The second-order valence-corrected chi connectivity index (χ2v) is 5.63. The molecule has 0 bridgehead atoms. The van der Waals surface area contributed by atoms with Gasteiger partial charge in [0.2, 0.25) is 11.8 Å². The number of carboxylic acid groups (broad SMARTS) is 1. The zero-order valence-electron chi connectivity index (χ0n) is 11.9. The van der Waals surface area contributed by atoms with Gasteiger partial charge in [-0.3, -0.25) is 24.2 Å². The minimum absolute atomic E-state index is 0.107. The highest BCUT2D eigenvalue weighted by Gasteiger charge is 2.47. The quantitative estimate of drug-likeness (QED) is 0.704. The first kappa shape index (κ1) is 14.9. The van der Waals surface area contributed by atoms with E-state index in [9.17, 15) is 14.4 Å². The van der Waals surface area contributed by atoms with Gasteiger partial charge >= 0.3 is 5.97 Å². The lowest BCUT2D eigenvalue weighted by molar-refractivity contribution is -0.146. The molecule has 0 aliphatic carbocycles. The molecule has 3 unspecified atom stereocenters. The van der Waals surface area contributed by atoms with Gasteiger partial charge in [0, 0.05) is 12.1 Å². The van der Waals surface area contributed by atoms with E-state index in [1.54, 1.807) is 25.8 Å². The fourth-order valence-corrected chi connectivity index (χ4v) is 2.91. The predicted molar refractivity (Wildman–Crippen MR) is 68.9 cm³/mol. The fourth-order valence-electron chi connectivity index (χ4n) is 2.91. The SMILES string of the molecule is CC(C)N1C(=O)CC(N(C)C2COCC2C(=O)O)C1=O. The molecule has 7 heteroatoms.